The van der Waals surface area contributed by atoms with Crippen molar-refractivity contribution >= 4 is 5.97 Å². The van der Waals surface area contributed by atoms with E-state index >= 15 is 0 Å². The van der Waals surface area contributed by atoms with E-state index in [1.807, 2.05) is 71.9 Å². The van der Waals surface area contributed by atoms with Crippen LogP contribution < -0.4 is 0 Å². The van der Waals surface area contributed by atoms with Gasteiger partial charge in [-0.05, 0) is 5.56 Å². The number of hydrogen-bond acceptors (Lipinski definition) is 2. The molecular weight excluding hydrogens is 272 g/mol. The van der Waals surface area contributed by atoms with Crippen LogP contribution in [0.1, 0.15) is 88.1 Å². The van der Waals surface area contributed by atoms with Gasteiger partial charge in [-0.3, -0.25) is 4.79 Å². The van der Waals surface area contributed by atoms with Crippen LogP contribution in [0.4, 0.5) is 0 Å². The largest absolute Gasteiger partial charge is 0.461 e. The van der Waals surface area contributed by atoms with Crippen molar-refractivity contribution in [2.45, 2.75) is 89.2 Å². The standard InChI is InChI=1S/C10H12O2.C3H8.3C2H6.CH4/c1-2-10(11)12-8-9-6-4-3-5-7-9;1-3-2;3*1-2;/h3-7H,2,8H2,1H3;3H2,1-2H3;3*1-2H3;1H4. The molecule has 22 heavy (non-hydrogen) atoms. The van der Waals surface area contributed by atoms with Crippen molar-refractivity contribution in [2.75, 3.05) is 0 Å². The average Bonchev–Trinajstić information content (AvgIpc) is 2.59. The Balaban J connectivity index is -0.0000000825. The highest BCUT2D eigenvalue weighted by Gasteiger charge is 1.97. The summed E-state index contributed by atoms with van der Waals surface area (Å²) in [5.74, 6) is -0.154. The van der Waals surface area contributed by atoms with Crippen molar-refractivity contribution in [1.29, 1.82) is 0 Å². The fourth-order valence-electron chi connectivity index (χ4n) is 0.840. The van der Waals surface area contributed by atoms with Crippen molar-refractivity contribution in [3.8, 4) is 0 Å². The molecule has 1 aromatic carbocycles. The summed E-state index contributed by atoms with van der Waals surface area (Å²) < 4.78 is 4.94. The van der Waals surface area contributed by atoms with E-state index in [2.05, 4.69) is 13.8 Å². The normalized spacial score (nSPS) is 6.77. The SMILES string of the molecule is C.CC.CC.CC.CCC.CCC(=O)OCc1ccccc1. The van der Waals surface area contributed by atoms with Crippen LogP contribution >= 0.6 is 0 Å². The molecule has 1 aromatic rings. The second-order valence-corrected chi connectivity index (χ2v) is 3.21. The molecule has 0 spiro atoms. The van der Waals surface area contributed by atoms with Crippen LogP contribution in [0.2, 0.25) is 0 Å². The molecule has 0 aromatic heterocycles. The Morgan fingerprint density at radius 1 is 0.864 bits per heavy atom. The quantitative estimate of drug-likeness (QED) is 0.548. The van der Waals surface area contributed by atoms with Crippen molar-refractivity contribution in [3.05, 3.63) is 35.9 Å². The minimum absolute atomic E-state index is 0. The van der Waals surface area contributed by atoms with Crippen molar-refractivity contribution in [1.82, 2.24) is 0 Å². The molecule has 0 atom stereocenters. The van der Waals surface area contributed by atoms with Crippen molar-refractivity contribution in [3.63, 3.8) is 0 Å². The number of carbonyl (C=O) groups excluding carboxylic acids is 1. The Morgan fingerprint density at radius 2 is 1.23 bits per heavy atom. The molecule has 0 fully saturated rings. The second-order valence-electron chi connectivity index (χ2n) is 3.21. The molecule has 2 nitrogen and oxygen atoms in total. The summed E-state index contributed by atoms with van der Waals surface area (Å²) in [5.41, 5.74) is 1.03. The highest BCUT2D eigenvalue weighted by Crippen LogP contribution is 2.00. The molecule has 0 amide bonds. The van der Waals surface area contributed by atoms with E-state index < -0.39 is 0 Å². The molecular formula is C20H42O2. The molecule has 1 rings (SSSR count). The summed E-state index contributed by atoms with van der Waals surface area (Å²) in [5, 5.41) is 0. The number of benzene rings is 1. The highest BCUT2D eigenvalue weighted by molar-refractivity contribution is 5.68. The smallest absolute Gasteiger partial charge is 0.305 e. The molecule has 0 saturated carbocycles. The van der Waals surface area contributed by atoms with Crippen LogP contribution in [0.5, 0.6) is 0 Å². The number of hydrogen-bond donors (Lipinski definition) is 0. The van der Waals surface area contributed by atoms with Gasteiger partial charge in [-0.2, -0.15) is 0 Å². The minimum atomic E-state index is -0.154. The Bertz CT molecular complexity index is 256. The lowest BCUT2D eigenvalue weighted by molar-refractivity contribution is -0.144. The van der Waals surface area contributed by atoms with E-state index in [4.69, 9.17) is 4.74 Å². The summed E-state index contributed by atoms with van der Waals surface area (Å²) in [6.07, 6.45) is 1.69. The van der Waals surface area contributed by atoms with Gasteiger partial charge >= 0.3 is 5.97 Å². The molecule has 0 unspecified atom stereocenters. The third kappa shape index (κ3) is 31.2. The Morgan fingerprint density at radius 3 is 1.55 bits per heavy atom. The maximum absolute atomic E-state index is 10.8. The number of esters is 1. The Labute approximate surface area is 141 Å². The van der Waals surface area contributed by atoms with Gasteiger partial charge in [-0.1, -0.05) is 106 Å². The predicted octanol–water partition coefficient (Wildman–Crippen LogP) is 7.27. The highest BCUT2D eigenvalue weighted by atomic mass is 16.5. The van der Waals surface area contributed by atoms with Gasteiger partial charge in [0.15, 0.2) is 0 Å². The number of rotatable bonds is 3. The lowest BCUT2D eigenvalue weighted by Gasteiger charge is -2.01. The zero-order valence-electron chi connectivity index (χ0n) is 15.8. The molecule has 0 aliphatic carbocycles. The van der Waals surface area contributed by atoms with Gasteiger partial charge in [0.25, 0.3) is 0 Å². The fraction of sp³-hybridized carbons (Fsp3) is 0.650. The predicted molar refractivity (Wildman–Crippen MR) is 103 cm³/mol. The van der Waals surface area contributed by atoms with Crippen LogP contribution in [0, 0.1) is 0 Å². The molecule has 0 bridgehead atoms. The molecule has 0 aliphatic heterocycles. The lowest BCUT2D eigenvalue weighted by atomic mass is 10.2. The van der Waals surface area contributed by atoms with E-state index in [0.717, 1.165) is 5.56 Å². The van der Waals surface area contributed by atoms with Crippen LogP contribution in [-0.4, -0.2) is 5.97 Å². The van der Waals surface area contributed by atoms with E-state index in [-0.39, 0.29) is 13.4 Å². The maximum Gasteiger partial charge on any atom is 0.305 e. The summed E-state index contributed by atoms with van der Waals surface area (Å²) in [4.78, 5) is 10.8. The molecule has 0 aliphatic rings. The van der Waals surface area contributed by atoms with Crippen molar-refractivity contribution < 1.29 is 9.53 Å². The van der Waals surface area contributed by atoms with E-state index in [9.17, 15) is 4.79 Å². The average molecular weight is 315 g/mol. The first-order valence-electron chi connectivity index (χ1n) is 8.44. The Hall–Kier alpha value is -1.31. The first-order valence-corrected chi connectivity index (χ1v) is 8.44. The van der Waals surface area contributed by atoms with Gasteiger partial charge in [-0.15, -0.1) is 0 Å². The fourth-order valence-corrected chi connectivity index (χ4v) is 0.840. The van der Waals surface area contributed by atoms with Crippen LogP contribution in [-0.2, 0) is 16.1 Å². The minimum Gasteiger partial charge on any atom is -0.461 e. The Kier molecular flexibility index (Phi) is 54.4. The molecule has 0 heterocycles. The zero-order valence-corrected chi connectivity index (χ0v) is 15.8. The molecule has 134 valence electrons. The summed E-state index contributed by atoms with van der Waals surface area (Å²) in [6.45, 7) is 18.4. The second kappa shape index (κ2) is 36.7. The van der Waals surface area contributed by atoms with Gasteiger partial charge in [0.1, 0.15) is 6.61 Å². The van der Waals surface area contributed by atoms with E-state index in [1.165, 1.54) is 6.42 Å². The monoisotopic (exact) mass is 314 g/mol. The third-order valence-corrected chi connectivity index (χ3v) is 1.53. The zero-order chi connectivity index (χ0) is 17.5. The van der Waals surface area contributed by atoms with E-state index in [0.29, 0.717) is 13.0 Å². The van der Waals surface area contributed by atoms with Gasteiger partial charge in [-0.25, -0.2) is 0 Å². The van der Waals surface area contributed by atoms with Gasteiger partial charge in [0, 0.05) is 6.42 Å². The molecule has 0 N–H and O–H groups in total. The summed E-state index contributed by atoms with van der Waals surface area (Å²) >= 11 is 0. The van der Waals surface area contributed by atoms with Gasteiger partial charge in [0.05, 0.1) is 0 Å². The van der Waals surface area contributed by atoms with Crippen LogP contribution in [0.15, 0.2) is 30.3 Å². The van der Waals surface area contributed by atoms with Crippen LogP contribution in [0.25, 0.3) is 0 Å². The summed E-state index contributed by atoms with van der Waals surface area (Å²) in [7, 11) is 0. The van der Waals surface area contributed by atoms with Gasteiger partial charge < -0.3 is 4.74 Å². The third-order valence-electron chi connectivity index (χ3n) is 1.53. The first kappa shape index (κ1) is 32.6. The number of carbonyl (C=O) groups is 1. The molecule has 0 saturated heterocycles. The molecule has 0 radical (unpaired) electrons. The first-order chi connectivity index (χ1) is 10.2. The van der Waals surface area contributed by atoms with E-state index in [1.54, 1.807) is 6.92 Å². The van der Waals surface area contributed by atoms with Crippen molar-refractivity contribution in [2.24, 2.45) is 0 Å². The lowest BCUT2D eigenvalue weighted by Crippen LogP contribution is -2.01. The topological polar surface area (TPSA) is 26.3 Å². The number of ether oxygens (including phenoxy) is 1. The van der Waals surface area contributed by atoms with Gasteiger partial charge in [0.2, 0.25) is 0 Å². The van der Waals surface area contributed by atoms with Crippen LogP contribution in [0.3, 0.4) is 0 Å². The molecule has 2 heteroatoms. The maximum atomic E-state index is 10.8. The summed E-state index contributed by atoms with van der Waals surface area (Å²) in [6, 6.07) is 9.65.